The number of hydrogen-bond acceptors (Lipinski definition) is 2. The van der Waals surface area contributed by atoms with Gasteiger partial charge in [-0.25, -0.2) is 0 Å². The molecule has 0 rings (SSSR count). The zero-order valence-corrected chi connectivity index (χ0v) is 7.31. The molecule has 0 fully saturated rings. The summed E-state index contributed by atoms with van der Waals surface area (Å²) in [5.74, 6) is 0. The molecule has 2 N–H and O–H groups in total. The third-order valence-corrected chi connectivity index (χ3v) is 0. The van der Waals surface area contributed by atoms with Gasteiger partial charge in [-0.15, -0.1) is 0 Å². The molecule has 0 heterocycles. The van der Waals surface area contributed by atoms with Gasteiger partial charge in [0, 0.05) is 13.2 Å². The Morgan fingerprint density at radius 1 is 0.875 bits per heavy atom. The van der Waals surface area contributed by atoms with Crippen molar-refractivity contribution in [1.82, 2.24) is 0 Å². The third kappa shape index (κ3) is 544. The Hall–Kier alpha value is 0.620. The fraction of sp³-hybridized carbons (Fsp3) is 1.00. The molecule has 0 unspecified atom stereocenters. The van der Waals surface area contributed by atoms with Crippen LogP contribution in [0.4, 0.5) is 0 Å². The second-order valence-electron chi connectivity index (χ2n) is 0.632. The quantitative estimate of drug-likeness (QED) is 0.532. The lowest BCUT2D eigenvalue weighted by molar-refractivity contribution is 0.318. The maximum atomic E-state index is 7.57. The first-order chi connectivity index (χ1) is 2.83. The van der Waals surface area contributed by atoms with Gasteiger partial charge in [-0.1, -0.05) is 0 Å². The van der Waals surface area contributed by atoms with Crippen LogP contribution >= 0.6 is 27.0 Å². The van der Waals surface area contributed by atoms with Crippen LogP contribution in [0.2, 0.25) is 0 Å². The van der Waals surface area contributed by atoms with Gasteiger partial charge in [0.2, 0.25) is 0 Å². The van der Waals surface area contributed by atoms with E-state index < -0.39 is 0 Å². The molecule has 0 spiro atoms. The van der Waals surface area contributed by atoms with Gasteiger partial charge in [-0.3, -0.25) is 0 Å². The largest absolute Gasteiger partial charge is 0.397 e. The molecule has 4 heteroatoms. The van der Waals surface area contributed by atoms with E-state index >= 15 is 0 Å². The van der Waals surface area contributed by atoms with Crippen LogP contribution in [0.5, 0.6) is 0 Å². The number of rotatable bonds is 0. The van der Waals surface area contributed by atoms with Gasteiger partial charge in [0.15, 0.2) is 0 Å². The van der Waals surface area contributed by atoms with E-state index in [1.54, 1.807) is 13.8 Å². The van der Waals surface area contributed by atoms with E-state index in [2.05, 4.69) is 0 Å². The van der Waals surface area contributed by atoms with Crippen molar-refractivity contribution in [3.63, 3.8) is 0 Å². The van der Waals surface area contributed by atoms with Crippen LogP contribution in [-0.4, -0.2) is 23.4 Å². The molecule has 56 valence electrons. The maximum Gasteiger partial charge on any atom is 0.0402 e. The van der Waals surface area contributed by atoms with E-state index in [1.165, 1.54) is 0 Å². The van der Waals surface area contributed by atoms with E-state index in [0.717, 1.165) is 0 Å². The Bertz CT molecular complexity index is 14.0. The molecule has 0 aromatic rings. The summed E-state index contributed by atoms with van der Waals surface area (Å²) in [4.78, 5) is 0. The zero-order chi connectivity index (χ0) is 5.41. The van der Waals surface area contributed by atoms with Crippen molar-refractivity contribution in [3.05, 3.63) is 0 Å². The van der Waals surface area contributed by atoms with Crippen LogP contribution in [0.25, 0.3) is 0 Å². The molecule has 0 aliphatic rings. The van der Waals surface area contributed by atoms with Gasteiger partial charge in [-0.05, 0) is 13.8 Å². The van der Waals surface area contributed by atoms with E-state index in [4.69, 9.17) is 10.2 Å². The van der Waals surface area contributed by atoms with Gasteiger partial charge in [-0.2, -0.15) is 27.0 Å². The second kappa shape index (κ2) is 48.6. The van der Waals surface area contributed by atoms with Gasteiger partial charge in [0.05, 0.1) is 0 Å². The topological polar surface area (TPSA) is 40.5 Å². The molecular weight excluding hydrogens is 144 g/mol. The Labute approximate surface area is 64.8 Å². The monoisotopic (exact) mass is 160 g/mol. The Kier molecular flexibility index (Phi) is 143. The molecule has 0 aromatic heterocycles. The van der Waals surface area contributed by atoms with E-state index in [1.807, 2.05) is 0 Å². The molecule has 2 nitrogen and oxygen atoms in total. The van der Waals surface area contributed by atoms with Crippen LogP contribution in [0.3, 0.4) is 0 Å². The van der Waals surface area contributed by atoms with Crippen molar-refractivity contribution in [3.8, 4) is 0 Å². The average molecular weight is 160 g/mol. The minimum absolute atomic E-state index is 0. The van der Waals surface area contributed by atoms with Gasteiger partial charge < -0.3 is 10.2 Å². The molecule has 0 radical (unpaired) electrons. The highest BCUT2D eigenvalue weighted by atomic mass is 32.1. The summed E-state index contributed by atoms with van der Waals surface area (Å²) in [6, 6.07) is 0. The number of hydrogen-bond donors (Lipinski definition) is 2. The predicted octanol–water partition coefficient (Wildman–Crippen LogP) is 0.223. The van der Waals surface area contributed by atoms with Crippen molar-refractivity contribution in [1.29, 1.82) is 0 Å². The van der Waals surface area contributed by atoms with Crippen molar-refractivity contribution in [2.24, 2.45) is 0 Å². The van der Waals surface area contributed by atoms with E-state index in [-0.39, 0.29) is 40.2 Å². The van der Waals surface area contributed by atoms with E-state index in [9.17, 15) is 0 Å². The summed E-state index contributed by atoms with van der Waals surface area (Å²) in [5, 5.41) is 15.1. The summed E-state index contributed by atoms with van der Waals surface area (Å²) in [6.07, 6.45) is 0. The van der Waals surface area contributed by atoms with Crippen LogP contribution in [0, 0.1) is 0 Å². The molecule has 0 amide bonds. The molecule has 0 saturated carbocycles. The van der Waals surface area contributed by atoms with Gasteiger partial charge >= 0.3 is 0 Å². The Morgan fingerprint density at radius 3 is 0.875 bits per heavy atom. The first-order valence-electron chi connectivity index (χ1n) is 2.05. The van der Waals surface area contributed by atoms with Crippen molar-refractivity contribution >= 4 is 27.0 Å². The van der Waals surface area contributed by atoms with Gasteiger partial charge in [0.25, 0.3) is 0 Å². The SMILES string of the molecule is CCO.CCO.S.S. The lowest BCUT2D eigenvalue weighted by Gasteiger charge is -1.52. The fourth-order valence-electron chi connectivity index (χ4n) is 0. The number of aliphatic hydroxyl groups excluding tert-OH is 2. The summed E-state index contributed by atoms with van der Waals surface area (Å²) >= 11 is 0. The highest BCUT2D eigenvalue weighted by molar-refractivity contribution is 7.59. The lowest BCUT2D eigenvalue weighted by atomic mass is 10.9. The van der Waals surface area contributed by atoms with Crippen LogP contribution < -0.4 is 0 Å². The maximum absolute atomic E-state index is 7.57. The lowest BCUT2D eigenvalue weighted by Crippen LogP contribution is -1.57. The number of aliphatic hydroxyl groups is 2. The highest BCUT2D eigenvalue weighted by Gasteiger charge is 1.34. The zero-order valence-electron chi connectivity index (χ0n) is 5.31. The second-order valence-corrected chi connectivity index (χ2v) is 0.632. The third-order valence-electron chi connectivity index (χ3n) is 0. The van der Waals surface area contributed by atoms with Crippen LogP contribution in [0.1, 0.15) is 13.8 Å². The molecule has 0 aliphatic heterocycles. The molecule has 0 aliphatic carbocycles. The highest BCUT2D eigenvalue weighted by Crippen LogP contribution is 1.30. The van der Waals surface area contributed by atoms with Crippen molar-refractivity contribution < 1.29 is 10.2 Å². The van der Waals surface area contributed by atoms with E-state index in [0.29, 0.717) is 0 Å². The van der Waals surface area contributed by atoms with Crippen LogP contribution in [-0.2, 0) is 0 Å². The Morgan fingerprint density at radius 2 is 0.875 bits per heavy atom. The average Bonchev–Trinajstić information content (AvgIpc) is 1.39. The summed E-state index contributed by atoms with van der Waals surface area (Å²) in [6.45, 7) is 3.86. The Balaban J connectivity index is -0.0000000160. The van der Waals surface area contributed by atoms with Crippen molar-refractivity contribution in [2.75, 3.05) is 13.2 Å². The first kappa shape index (κ1) is 23.4. The smallest absolute Gasteiger partial charge is 0.0402 e. The van der Waals surface area contributed by atoms with Crippen LogP contribution in [0.15, 0.2) is 0 Å². The minimum Gasteiger partial charge on any atom is -0.397 e. The standard InChI is InChI=1S/2C2H6O.2H2S/c2*1-2-3;;/h2*3H,2H2,1H3;2*1H2. The predicted molar refractivity (Wildman–Crippen MR) is 46.3 cm³/mol. The molecule has 0 saturated heterocycles. The normalized spacial score (nSPS) is 4.50. The molecule has 0 bridgehead atoms. The summed E-state index contributed by atoms with van der Waals surface area (Å²) in [7, 11) is 0. The molecule has 0 aromatic carbocycles. The summed E-state index contributed by atoms with van der Waals surface area (Å²) in [5.41, 5.74) is 0. The fourth-order valence-corrected chi connectivity index (χ4v) is 0. The summed E-state index contributed by atoms with van der Waals surface area (Å²) < 4.78 is 0. The minimum atomic E-state index is 0. The molecule has 0 atom stereocenters. The first-order valence-corrected chi connectivity index (χ1v) is 2.05. The molecule has 8 heavy (non-hydrogen) atoms. The molecular formula is C4H16O2S2. The van der Waals surface area contributed by atoms with Crippen molar-refractivity contribution in [2.45, 2.75) is 13.8 Å². The van der Waals surface area contributed by atoms with Gasteiger partial charge in [0.1, 0.15) is 0 Å².